The van der Waals surface area contributed by atoms with Crippen molar-refractivity contribution in [3.05, 3.63) is 53.3 Å². The lowest BCUT2D eigenvalue weighted by atomic mass is 10.0. The highest BCUT2D eigenvalue weighted by atomic mass is 32.2. The predicted molar refractivity (Wildman–Crippen MR) is 114 cm³/mol. The van der Waals surface area contributed by atoms with Gasteiger partial charge < -0.3 is 24.2 Å². The third kappa shape index (κ3) is 5.94. The standard InChI is InChI=1S/C21H26N2O6S/c1-21(2,3)30(27)23-17(15-8-7-14(28-4)10-18(15)24)11-19(25)16-9-6-13(12-22-16)20(26)29-5/h6-10,12,19,24-25H,11H2,1-5H3/b23-17+/t19-,30?/m0/s1. The van der Waals surface area contributed by atoms with Crippen LogP contribution >= 0.6 is 0 Å². The number of phenols is 1. The molecule has 0 aliphatic heterocycles. The Balaban J connectivity index is 2.37. The Kier molecular flexibility index (Phi) is 7.83. The van der Waals surface area contributed by atoms with Crippen LogP contribution < -0.4 is 4.74 Å². The molecule has 0 saturated carbocycles. The van der Waals surface area contributed by atoms with Gasteiger partial charge in [-0.15, -0.1) is 0 Å². The number of pyridine rings is 1. The van der Waals surface area contributed by atoms with Gasteiger partial charge in [0.25, 0.3) is 0 Å². The SMILES string of the molecule is COC(=O)c1ccc([C@@H](O)C/C(=N\[S+]([O-])C(C)(C)C)c2ccc(OC)cc2O)nc1. The molecule has 0 fully saturated rings. The van der Waals surface area contributed by atoms with E-state index in [0.717, 1.165) is 0 Å². The summed E-state index contributed by atoms with van der Waals surface area (Å²) in [5.41, 5.74) is 1.14. The molecule has 9 heteroatoms. The van der Waals surface area contributed by atoms with Gasteiger partial charge in [0.15, 0.2) is 0 Å². The quantitative estimate of drug-likeness (QED) is 0.390. The Morgan fingerprint density at radius 3 is 2.47 bits per heavy atom. The van der Waals surface area contributed by atoms with Gasteiger partial charge in [0.1, 0.15) is 39.4 Å². The van der Waals surface area contributed by atoms with E-state index < -0.39 is 28.2 Å². The number of benzene rings is 1. The number of methoxy groups -OCH3 is 2. The largest absolute Gasteiger partial charge is 0.591 e. The van der Waals surface area contributed by atoms with Crippen LogP contribution in [0.3, 0.4) is 0 Å². The molecule has 0 bridgehead atoms. The fourth-order valence-electron chi connectivity index (χ4n) is 2.44. The Labute approximate surface area is 178 Å². The maximum atomic E-state index is 12.6. The number of rotatable bonds is 7. The number of carbonyl (C=O) groups excluding carboxylic acids is 1. The molecular weight excluding hydrogens is 408 g/mol. The zero-order chi connectivity index (χ0) is 22.5. The third-order valence-electron chi connectivity index (χ3n) is 4.17. The molecule has 2 N–H and O–H groups in total. The lowest BCUT2D eigenvalue weighted by Crippen LogP contribution is -2.27. The van der Waals surface area contributed by atoms with Crippen LogP contribution in [0.5, 0.6) is 11.5 Å². The second-order valence-electron chi connectivity index (χ2n) is 7.47. The second-order valence-corrected chi connectivity index (χ2v) is 9.37. The van der Waals surface area contributed by atoms with Crippen molar-refractivity contribution in [3.8, 4) is 11.5 Å². The van der Waals surface area contributed by atoms with Crippen molar-refractivity contribution >= 4 is 23.0 Å². The molecule has 0 aliphatic carbocycles. The maximum Gasteiger partial charge on any atom is 0.339 e. The molecule has 162 valence electrons. The van der Waals surface area contributed by atoms with Gasteiger partial charge in [-0.2, -0.15) is 0 Å². The molecule has 1 aromatic carbocycles. The molecule has 0 aliphatic rings. The number of aromatic hydroxyl groups is 1. The van der Waals surface area contributed by atoms with Crippen molar-refractivity contribution < 1.29 is 29.0 Å². The van der Waals surface area contributed by atoms with E-state index in [9.17, 15) is 19.6 Å². The summed E-state index contributed by atoms with van der Waals surface area (Å²) in [5.74, 6) is -0.192. The molecule has 8 nitrogen and oxygen atoms in total. The normalized spacial score (nSPS) is 14.2. The summed E-state index contributed by atoms with van der Waals surface area (Å²) in [4.78, 5) is 15.7. The Bertz CT molecular complexity index is 909. The summed E-state index contributed by atoms with van der Waals surface area (Å²) < 4.78 is 26.0. The van der Waals surface area contributed by atoms with E-state index >= 15 is 0 Å². The zero-order valence-corrected chi connectivity index (χ0v) is 18.4. The van der Waals surface area contributed by atoms with E-state index in [1.807, 2.05) is 0 Å². The number of aromatic nitrogens is 1. The van der Waals surface area contributed by atoms with Gasteiger partial charge in [-0.1, -0.05) is 4.40 Å². The fourth-order valence-corrected chi connectivity index (χ4v) is 3.09. The summed E-state index contributed by atoms with van der Waals surface area (Å²) in [6.07, 6.45) is 0.153. The molecule has 1 unspecified atom stereocenters. The average molecular weight is 435 g/mol. The molecule has 0 radical (unpaired) electrons. The highest BCUT2D eigenvalue weighted by Crippen LogP contribution is 2.29. The molecule has 2 atom stereocenters. The van der Waals surface area contributed by atoms with E-state index in [2.05, 4.69) is 14.1 Å². The first-order valence-corrected chi connectivity index (χ1v) is 10.3. The number of phenolic OH excluding ortho intramolecular Hbond substituents is 1. The number of nitrogens with zero attached hydrogens (tertiary/aromatic N) is 2. The van der Waals surface area contributed by atoms with Gasteiger partial charge in [0.2, 0.25) is 0 Å². The third-order valence-corrected chi connectivity index (χ3v) is 5.60. The van der Waals surface area contributed by atoms with Crippen LogP contribution in [0, 0.1) is 0 Å². The van der Waals surface area contributed by atoms with Crippen LogP contribution in [0.25, 0.3) is 0 Å². The monoisotopic (exact) mass is 434 g/mol. The first-order valence-electron chi connectivity index (χ1n) is 9.16. The van der Waals surface area contributed by atoms with E-state index in [4.69, 9.17) is 4.74 Å². The van der Waals surface area contributed by atoms with E-state index in [1.165, 1.54) is 38.6 Å². The van der Waals surface area contributed by atoms with Crippen LogP contribution in [-0.2, 0) is 16.1 Å². The number of hydrogen-bond donors (Lipinski definition) is 2. The Hall–Kier alpha value is -2.62. The number of hydrogen-bond acceptors (Lipinski definition) is 8. The number of esters is 1. The van der Waals surface area contributed by atoms with Gasteiger partial charge in [0, 0.05) is 24.2 Å². The van der Waals surface area contributed by atoms with E-state index in [0.29, 0.717) is 17.0 Å². The second kappa shape index (κ2) is 9.92. The topological polar surface area (TPSA) is 124 Å². The molecule has 0 amide bonds. The van der Waals surface area contributed by atoms with Crippen LogP contribution in [0.15, 0.2) is 40.9 Å². The summed E-state index contributed by atoms with van der Waals surface area (Å²) in [6.45, 7) is 5.34. The van der Waals surface area contributed by atoms with Crippen molar-refractivity contribution in [3.63, 3.8) is 0 Å². The summed E-state index contributed by atoms with van der Waals surface area (Å²) in [5, 5.41) is 21.1. The smallest absolute Gasteiger partial charge is 0.339 e. The van der Waals surface area contributed by atoms with Gasteiger partial charge in [0.05, 0.1) is 25.5 Å². The molecule has 2 rings (SSSR count). The Morgan fingerprint density at radius 1 is 1.27 bits per heavy atom. The summed E-state index contributed by atoms with van der Waals surface area (Å²) in [6, 6.07) is 7.64. The minimum atomic E-state index is -1.61. The summed E-state index contributed by atoms with van der Waals surface area (Å²) in [7, 11) is 2.75. The molecule has 2 aromatic rings. The van der Waals surface area contributed by atoms with Crippen molar-refractivity contribution in [1.82, 2.24) is 4.98 Å². The van der Waals surface area contributed by atoms with Gasteiger partial charge in [-0.25, -0.2) is 4.79 Å². The zero-order valence-electron chi connectivity index (χ0n) is 17.6. The molecule has 1 aromatic heterocycles. The molecule has 0 spiro atoms. The number of aliphatic hydroxyl groups is 1. The van der Waals surface area contributed by atoms with E-state index in [-0.39, 0.29) is 23.4 Å². The molecule has 0 saturated heterocycles. The lowest BCUT2D eigenvalue weighted by Gasteiger charge is -2.20. The predicted octanol–water partition coefficient (Wildman–Crippen LogP) is 2.96. The maximum absolute atomic E-state index is 12.6. The number of aliphatic hydroxyl groups excluding tert-OH is 1. The van der Waals surface area contributed by atoms with Crippen LogP contribution in [0.2, 0.25) is 0 Å². The highest BCUT2D eigenvalue weighted by Gasteiger charge is 2.29. The lowest BCUT2D eigenvalue weighted by molar-refractivity contribution is 0.0600. The minimum Gasteiger partial charge on any atom is -0.591 e. The van der Waals surface area contributed by atoms with Gasteiger partial charge in [-0.3, -0.25) is 4.98 Å². The number of carbonyl (C=O) groups is 1. The summed E-state index contributed by atoms with van der Waals surface area (Å²) >= 11 is -1.61. The molecule has 1 heterocycles. The first-order chi connectivity index (χ1) is 14.1. The van der Waals surface area contributed by atoms with Crippen molar-refractivity contribution in [2.75, 3.05) is 14.2 Å². The van der Waals surface area contributed by atoms with Gasteiger partial charge in [-0.05, 0) is 45.0 Å². The minimum absolute atomic E-state index is 0.0493. The van der Waals surface area contributed by atoms with Crippen LogP contribution in [0.4, 0.5) is 0 Å². The van der Waals surface area contributed by atoms with Crippen molar-refractivity contribution in [1.29, 1.82) is 0 Å². The first kappa shape index (κ1) is 23.7. The van der Waals surface area contributed by atoms with Gasteiger partial charge >= 0.3 is 5.97 Å². The number of ether oxygens (including phenoxy) is 2. The Morgan fingerprint density at radius 2 is 1.97 bits per heavy atom. The highest BCUT2D eigenvalue weighted by molar-refractivity contribution is 7.91. The fraction of sp³-hybridized carbons (Fsp3) is 0.381. The molecule has 30 heavy (non-hydrogen) atoms. The average Bonchev–Trinajstić information content (AvgIpc) is 2.71. The van der Waals surface area contributed by atoms with Crippen LogP contribution in [0.1, 0.15) is 54.9 Å². The van der Waals surface area contributed by atoms with Crippen molar-refractivity contribution in [2.45, 2.75) is 38.0 Å². The van der Waals surface area contributed by atoms with Crippen LogP contribution in [-0.4, -0.2) is 50.4 Å². The van der Waals surface area contributed by atoms with E-state index in [1.54, 1.807) is 32.9 Å². The van der Waals surface area contributed by atoms with Crippen molar-refractivity contribution in [2.24, 2.45) is 4.40 Å². The molecular formula is C21H26N2O6S.